The zero-order chi connectivity index (χ0) is 21.2. The molecule has 0 saturated carbocycles. The molecule has 0 aromatic rings. The van der Waals surface area contributed by atoms with E-state index >= 15 is 0 Å². The lowest BCUT2D eigenvalue weighted by Gasteiger charge is -2.39. The highest BCUT2D eigenvalue weighted by atomic mass is 16.8. The van der Waals surface area contributed by atoms with Crippen LogP contribution in [0.15, 0.2) is 0 Å². The third-order valence-electron chi connectivity index (χ3n) is 7.11. The van der Waals surface area contributed by atoms with E-state index < -0.39 is 5.79 Å². The van der Waals surface area contributed by atoms with E-state index in [9.17, 15) is 5.11 Å². The normalized spacial score (nSPS) is 30.7. The van der Waals surface area contributed by atoms with Gasteiger partial charge >= 0.3 is 0 Å². The molecule has 0 aromatic carbocycles. The Morgan fingerprint density at radius 3 is 1.72 bits per heavy atom. The summed E-state index contributed by atoms with van der Waals surface area (Å²) in [4.78, 5) is 0. The lowest BCUT2D eigenvalue weighted by Crippen LogP contribution is -2.55. The van der Waals surface area contributed by atoms with Gasteiger partial charge in [0.2, 0.25) is 6.23 Å². The van der Waals surface area contributed by atoms with Crippen LogP contribution in [0.3, 0.4) is 0 Å². The Bertz CT molecular complexity index is 442. The molecule has 0 spiro atoms. The number of hydrogen-bond donors (Lipinski definition) is 1. The van der Waals surface area contributed by atoms with Crippen LogP contribution in [0.25, 0.3) is 0 Å². The summed E-state index contributed by atoms with van der Waals surface area (Å²) in [5.74, 6) is -0.306. The molecule has 2 heterocycles. The first-order valence-corrected chi connectivity index (χ1v) is 12.8. The third kappa shape index (κ3) is 7.48. The summed E-state index contributed by atoms with van der Waals surface area (Å²) < 4.78 is 13.7. The van der Waals surface area contributed by atoms with Crippen LogP contribution >= 0.6 is 0 Å². The van der Waals surface area contributed by atoms with Gasteiger partial charge < -0.3 is 9.84 Å². The first kappa shape index (κ1) is 25.1. The van der Waals surface area contributed by atoms with E-state index in [1.165, 1.54) is 96.6 Å². The molecule has 0 bridgehead atoms. The topological polar surface area (TPSA) is 38.7 Å². The molecule has 0 aromatic heterocycles. The maximum absolute atomic E-state index is 10.0. The molecule has 1 N–H and O–H groups in total. The fourth-order valence-electron chi connectivity index (χ4n) is 5.50. The van der Waals surface area contributed by atoms with E-state index in [1.54, 1.807) is 0 Å². The van der Waals surface area contributed by atoms with Gasteiger partial charge in [-0.1, -0.05) is 71.6 Å². The standard InChI is InChI=1S/C25H50NO3/c1-5-7-9-11-13-15-17-19-26(18-16-14-12-10-8-6-2)20-22(21-27)23-24(26)29-25(3,4)28-23/h22-24,27H,5-21H2,1-4H3/q+1/t22-,23-,24+,26-/m1/s1. The molecule has 2 rings (SSSR count). The van der Waals surface area contributed by atoms with Crippen LogP contribution < -0.4 is 0 Å². The number of quaternary nitrogens is 1. The summed E-state index contributed by atoms with van der Waals surface area (Å²) in [6.45, 7) is 12.2. The van der Waals surface area contributed by atoms with Crippen molar-refractivity contribution in [3.63, 3.8) is 0 Å². The van der Waals surface area contributed by atoms with Gasteiger partial charge in [-0.05, 0) is 39.5 Å². The van der Waals surface area contributed by atoms with Crippen molar-refractivity contribution in [1.29, 1.82) is 0 Å². The van der Waals surface area contributed by atoms with E-state index in [-0.39, 0.29) is 24.9 Å². The van der Waals surface area contributed by atoms with Crippen LogP contribution in [0.1, 0.15) is 111 Å². The number of unbranched alkanes of at least 4 members (excludes halogenated alkanes) is 11. The van der Waals surface area contributed by atoms with Crippen molar-refractivity contribution in [1.82, 2.24) is 0 Å². The van der Waals surface area contributed by atoms with Crippen molar-refractivity contribution in [2.45, 2.75) is 129 Å². The predicted molar refractivity (Wildman–Crippen MR) is 121 cm³/mol. The molecule has 0 unspecified atom stereocenters. The number of rotatable bonds is 16. The smallest absolute Gasteiger partial charge is 0.223 e. The molecule has 4 heteroatoms. The van der Waals surface area contributed by atoms with Gasteiger partial charge in [-0.25, -0.2) is 0 Å². The highest BCUT2D eigenvalue weighted by molar-refractivity contribution is 4.88. The summed E-state index contributed by atoms with van der Waals surface area (Å²) in [7, 11) is 0. The molecule has 4 atom stereocenters. The number of hydrogen-bond acceptors (Lipinski definition) is 3. The second-order valence-corrected chi connectivity index (χ2v) is 10.2. The van der Waals surface area contributed by atoms with Crippen molar-refractivity contribution in [2.75, 3.05) is 26.2 Å². The molecule has 172 valence electrons. The number of aliphatic hydroxyl groups is 1. The molecule has 2 fully saturated rings. The number of aliphatic hydroxyl groups excluding tert-OH is 1. The van der Waals surface area contributed by atoms with Crippen molar-refractivity contribution in [3.05, 3.63) is 0 Å². The Balaban J connectivity index is 1.92. The maximum Gasteiger partial charge on any atom is 0.223 e. The van der Waals surface area contributed by atoms with Gasteiger partial charge in [-0.2, -0.15) is 0 Å². The Morgan fingerprint density at radius 1 is 0.759 bits per heavy atom. The quantitative estimate of drug-likeness (QED) is 0.249. The molecule has 29 heavy (non-hydrogen) atoms. The minimum absolute atomic E-state index is 0.0552. The van der Waals surface area contributed by atoms with Gasteiger partial charge in [0.1, 0.15) is 6.10 Å². The molecule has 0 amide bonds. The average molecular weight is 413 g/mol. The molecule has 2 aliphatic heterocycles. The zero-order valence-electron chi connectivity index (χ0n) is 20.0. The number of nitrogens with zero attached hydrogens (tertiary/aromatic N) is 1. The van der Waals surface area contributed by atoms with E-state index in [0.717, 1.165) is 11.0 Å². The van der Waals surface area contributed by atoms with Crippen molar-refractivity contribution < 1.29 is 19.1 Å². The average Bonchev–Trinajstić information content (AvgIpc) is 3.16. The second kappa shape index (κ2) is 12.6. The minimum Gasteiger partial charge on any atom is -0.396 e. The molecule has 0 aliphatic carbocycles. The number of fused-ring (bicyclic) bond motifs is 1. The van der Waals surface area contributed by atoms with Crippen molar-refractivity contribution in [3.8, 4) is 0 Å². The van der Waals surface area contributed by atoms with E-state index in [1.807, 2.05) is 13.8 Å². The Labute approximate surface area is 180 Å². The van der Waals surface area contributed by atoms with Crippen molar-refractivity contribution in [2.24, 2.45) is 5.92 Å². The summed E-state index contributed by atoms with van der Waals surface area (Å²) >= 11 is 0. The van der Waals surface area contributed by atoms with Crippen LogP contribution in [-0.4, -0.2) is 53.9 Å². The van der Waals surface area contributed by atoms with Gasteiger partial charge in [0.05, 0.1) is 32.2 Å². The minimum atomic E-state index is -0.520. The van der Waals surface area contributed by atoms with Crippen LogP contribution in [-0.2, 0) is 9.47 Å². The molecular weight excluding hydrogens is 362 g/mol. The summed E-state index contributed by atoms with van der Waals surface area (Å²) in [6.07, 6.45) is 17.6. The SMILES string of the molecule is CCCCCCCCC[N@+]1(CCCCCCCC)C[C@H](CO)[C@H]2OC(C)(C)O[C@@H]21. The Kier molecular flexibility index (Phi) is 10.9. The first-order chi connectivity index (χ1) is 14.0. The van der Waals surface area contributed by atoms with E-state index in [2.05, 4.69) is 13.8 Å². The second-order valence-electron chi connectivity index (χ2n) is 10.2. The lowest BCUT2D eigenvalue weighted by molar-refractivity contribution is -0.961. The van der Waals surface area contributed by atoms with E-state index in [0.29, 0.717) is 0 Å². The van der Waals surface area contributed by atoms with Gasteiger partial charge in [0, 0.05) is 0 Å². The largest absolute Gasteiger partial charge is 0.396 e. The Morgan fingerprint density at radius 2 is 1.24 bits per heavy atom. The molecule has 0 radical (unpaired) electrons. The van der Waals surface area contributed by atoms with Crippen molar-refractivity contribution >= 4 is 0 Å². The van der Waals surface area contributed by atoms with Crippen LogP contribution in [0.5, 0.6) is 0 Å². The van der Waals surface area contributed by atoms with Gasteiger partial charge in [-0.15, -0.1) is 0 Å². The Hall–Kier alpha value is -0.160. The van der Waals surface area contributed by atoms with E-state index in [4.69, 9.17) is 9.47 Å². The number of ether oxygens (including phenoxy) is 2. The molecular formula is C25H50NO3+. The first-order valence-electron chi connectivity index (χ1n) is 12.8. The highest BCUT2D eigenvalue weighted by Crippen LogP contribution is 2.44. The monoisotopic (exact) mass is 412 g/mol. The van der Waals surface area contributed by atoms with Gasteiger partial charge in [0.25, 0.3) is 0 Å². The third-order valence-corrected chi connectivity index (χ3v) is 7.11. The highest BCUT2D eigenvalue weighted by Gasteiger charge is 2.61. The lowest BCUT2D eigenvalue weighted by atomic mass is 10.1. The zero-order valence-corrected chi connectivity index (χ0v) is 20.0. The van der Waals surface area contributed by atoms with Crippen LogP contribution in [0.2, 0.25) is 0 Å². The maximum atomic E-state index is 10.0. The summed E-state index contributed by atoms with van der Waals surface area (Å²) in [6, 6.07) is 0. The fourth-order valence-corrected chi connectivity index (χ4v) is 5.50. The van der Waals surface area contributed by atoms with Gasteiger partial charge in [-0.3, -0.25) is 9.22 Å². The summed E-state index contributed by atoms with van der Waals surface area (Å²) in [5.41, 5.74) is 0. The molecule has 2 aliphatic rings. The fraction of sp³-hybridized carbons (Fsp3) is 1.00. The van der Waals surface area contributed by atoms with Crippen LogP contribution in [0.4, 0.5) is 0 Å². The van der Waals surface area contributed by atoms with Gasteiger partial charge in [0.15, 0.2) is 5.79 Å². The van der Waals surface area contributed by atoms with Crippen LogP contribution in [0, 0.1) is 5.92 Å². The number of likely N-dealkylation sites (tertiary alicyclic amines) is 1. The molecule has 4 nitrogen and oxygen atoms in total. The molecule has 2 saturated heterocycles. The predicted octanol–water partition coefficient (Wildman–Crippen LogP) is 6.01. The summed E-state index contributed by atoms with van der Waals surface area (Å²) in [5, 5.41) is 10.0.